The average Bonchev–Trinajstić information content (AvgIpc) is 2.84. The lowest BCUT2D eigenvalue weighted by Crippen LogP contribution is -2.46. The van der Waals surface area contributed by atoms with Crippen LogP contribution in [0.3, 0.4) is 0 Å². The first kappa shape index (κ1) is 21.9. The van der Waals surface area contributed by atoms with Crippen molar-refractivity contribution in [3.8, 4) is 5.69 Å². The van der Waals surface area contributed by atoms with Crippen molar-refractivity contribution in [2.24, 2.45) is 0 Å². The van der Waals surface area contributed by atoms with Gasteiger partial charge in [-0.05, 0) is 23.8 Å². The first-order valence-electron chi connectivity index (χ1n) is 10.3. The third-order valence-electron chi connectivity index (χ3n) is 5.16. The molecule has 166 valence electrons. The maximum absolute atomic E-state index is 14.3. The van der Waals surface area contributed by atoms with Gasteiger partial charge in [0.25, 0.3) is 11.5 Å². The minimum Gasteiger partial charge on any atom is -0.336 e. The Hall–Kier alpha value is -4.33. The minimum atomic E-state index is -0.875. The van der Waals surface area contributed by atoms with Gasteiger partial charge in [-0.15, -0.1) is 0 Å². The zero-order chi connectivity index (χ0) is 23.4. The molecule has 1 heterocycles. The van der Waals surface area contributed by atoms with E-state index >= 15 is 0 Å². The second kappa shape index (κ2) is 9.44. The number of nitrogens with zero attached hydrogens (tertiary/aromatic N) is 4. The van der Waals surface area contributed by atoms with Crippen LogP contribution in [-0.4, -0.2) is 32.2 Å². The molecule has 0 unspecified atom stereocenters. The van der Waals surface area contributed by atoms with Crippen molar-refractivity contribution in [1.29, 1.82) is 0 Å². The molecule has 0 radical (unpaired) electrons. The molecule has 0 saturated carbocycles. The number of benzene rings is 3. The van der Waals surface area contributed by atoms with E-state index in [1.54, 1.807) is 43.4 Å². The second-order valence-corrected chi connectivity index (χ2v) is 7.51. The van der Waals surface area contributed by atoms with Gasteiger partial charge in [0.05, 0.1) is 12.2 Å². The highest BCUT2D eigenvalue weighted by atomic mass is 19.1. The van der Waals surface area contributed by atoms with E-state index in [-0.39, 0.29) is 18.7 Å². The summed E-state index contributed by atoms with van der Waals surface area (Å²) >= 11 is 0. The molecule has 0 atom stereocenters. The summed E-state index contributed by atoms with van der Waals surface area (Å²) in [6, 6.07) is 23.6. The Morgan fingerprint density at radius 2 is 1.52 bits per heavy atom. The topological polar surface area (TPSA) is 77.2 Å². The molecule has 0 fully saturated rings. The number of amides is 1. The number of hydrogen-bond donors (Lipinski definition) is 0. The molecule has 1 aromatic heterocycles. The molecule has 0 aliphatic rings. The quantitative estimate of drug-likeness (QED) is 0.458. The van der Waals surface area contributed by atoms with Crippen molar-refractivity contribution in [3.63, 3.8) is 0 Å². The normalized spacial score (nSPS) is 10.7. The molecule has 0 bridgehead atoms. The lowest BCUT2D eigenvalue weighted by atomic mass is 10.2. The van der Waals surface area contributed by atoms with Gasteiger partial charge >= 0.3 is 5.69 Å². The van der Waals surface area contributed by atoms with Crippen LogP contribution < -0.4 is 11.2 Å². The first-order valence-corrected chi connectivity index (χ1v) is 10.3. The van der Waals surface area contributed by atoms with Gasteiger partial charge in [-0.3, -0.25) is 14.2 Å². The Balaban J connectivity index is 1.82. The van der Waals surface area contributed by atoms with Gasteiger partial charge in [0, 0.05) is 19.2 Å². The van der Waals surface area contributed by atoms with Crippen LogP contribution in [0.25, 0.3) is 5.69 Å². The summed E-state index contributed by atoms with van der Waals surface area (Å²) in [5, 5.41) is 4.12. The standard InChI is InChI=1S/C25H21FN4O3/c1-28(16-18-10-4-2-5-11-18)23(31)22-24(32)29(17-19-12-8-9-15-21(19)26)25(33)30(27-22)20-13-6-3-7-14-20/h2-15H,16-17H2,1H3. The molecule has 1 amide bonds. The summed E-state index contributed by atoms with van der Waals surface area (Å²) in [6.07, 6.45) is 0. The Bertz CT molecular complexity index is 1400. The third kappa shape index (κ3) is 4.64. The largest absolute Gasteiger partial charge is 0.352 e. The molecule has 8 heteroatoms. The lowest BCUT2D eigenvalue weighted by molar-refractivity contribution is 0.0773. The van der Waals surface area contributed by atoms with Crippen molar-refractivity contribution < 1.29 is 9.18 Å². The van der Waals surface area contributed by atoms with Crippen LogP contribution in [-0.2, 0) is 13.1 Å². The highest BCUT2D eigenvalue weighted by molar-refractivity contribution is 5.91. The van der Waals surface area contributed by atoms with Crippen molar-refractivity contribution in [2.45, 2.75) is 13.1 Å². The molecule has 0 aliphatic heterocycles. The van der Waals surface area contributed by atoms with Crippen LogP contribution in [0.1, 0.15) is 21.6 Å². The Labute approximate surface area is 189 Å². The highest BCUT2D eigenvalue weighted by Crippen LogP contribution is 2.09. The number of rotatable bonds is 6. The summed E-state index contributed by atoms with van der Waals surface area (Å²) in [5.41, 5.74) is -0.662. The van der Waals surface area contributed by atoms with E-state index in [0.29, 0.717) is 5.69 Å². The van der Waals surface area contributed by atoms with E-state index in [1.807, 2.05) is 30.3 Å². The van der Waals surface area contributed by atoms with Crippen LogP contribution in [0.15, 0.2) is 94.5 Å². The monoisotopic (exact) mass is 444 g/mol. The number of halogens is 1. The number of aromatic nitrogens is 3. The Morgan fingerprint density at radius 1 is 0.909 bits per heavy atom. The van der Waals surface area contributed by atoms with Crippen LogP contribution >= 0.6 is 0 Å². The minimum absolute atomic E-state index is 0.151. The third-order valence-corrected chi connectivity index (χ3v) is 5.16. The molecule has 3 aromatic carbocycles. The Morgan fingerprint density at radius 3 is 2.18 bits per heavy atom. The number of carbonyl (C=O) groups is 1. The maximum atomic E-state index is 14.3. The van der Waals surface area contributed by atoms with Crippen LogP contribution in [0, 0.1) is 5.82 Å². The summed E-state index contributed by atoms with van der Waals surface area (Å²) in [6.45, 7) is -0.0824. The lowest BCUT2D eigenvalue weighted by Gasteiger charge is -2.18. The summed E-state index contributed by atoms with van der Waals surface area (Å²) in [4.78, 5) is 40.9. The average molecular weight is 444 g/mol. The zero-order valence-electron chi connectivity index (χ0n) is 17.9. The molecule has 4 rings (SSSR count). The molecular weight excluding hydrogens is 423 g/mol. The zero-order valence-corrected chi connectivity index (χ0v) is 17.9. The summed E-state index contributed by atoms with van der Waals surface area (Å²) < 4.78 is 16.1. The molecule has 7 nitrogen and oxygen atoms in total. The fourth-order valence-electron chi connectivity index (χ4n) is 3.43. The van der Waals surface area contributed by atoms with Crippen LogP contribution in [0.5, 0.6) is 0 Å². The van der Waals surface area contributed by atoms with Crippen LogP contribution in [0.4, 0.5) is 4.39 Å². The van der Waals surface area contributed by atoms with Crippen molar-refractivity contribution in [1.82, 2.24) is 19.2 Å². The molecule has 0 spiro atoms. The molecular formula is C25H21FN4O3. The van der Waals surface area contributed by atoms with Crippen LogP contribution in [0.2, 0.25) is 0 Å². The van der Waals surface area contributed by atoms with Gasteiger partial charge in [-0.1, -0.05) is 66.7 Å². The smallest absolute Gasteiger partial charge is 0.336 e. The van der Waals surface area contributed by atoms with E-state index in [0.717, 1.165) is 14.8 Å². The van der Waals surface area contributed by atoms with Gasteiger partial charge in [0.2, 0.25) is 5.69 Å². The molecule has 33 heavy (non-hydrogen) atoms. The second-order valence-electron chi connectivity index (χ2n) is 7.51. The number of para-hydroxylation sites is 1. The van der Waals surface area contributed by atoms with E-state index in [4.69, 9.17) is 0 Å². The summed E-state index contributed by atoms with van der Waals surface area (Å²) in [5.74, 6) is -1.20. The Kier molecular flexibility index (Phi) is 6.26. The van der Waals surface area contributed by atoms with Gasteiger partial charge < -0.3 is 4.90 Å². The fourth-order valence-corrected chi connectivity index (χ4v) is 3.43. The van der Waals surface area contributed by atoms with Gasteiger partial charge in [0.1, 0.15) is 5.82 Å². The van der Waals surface area contributed by atoms with Crippen molar-refractivity contribution >= 4 is 5.91 Å². The van der Waals surface area contributed by atoms with E-state index < -0.39 is 28.7 Å². The van der Waals surface area contributed by atoms with Crippen molar-refractivity contribution in [2.75, 3.05) is 7.05 Å². The predicted octanol–water partition coefficient (Wildman–Crippen LogP) is 2.85. The number of carbonyl (C=O) groups excluding carboxylic acids is 1. The highest BCUT2D eigenvalue weighted by Gasteiger charge is 2.23. The predicted molar refractivity (Wildman–Crippen MR) is 122 cm³/mol. The van der Waals surface area contributed by atoms with Gasteiger partial charge in [-0.25, -0.2) is 9.18 Å². The summed E-state index contributed by atoms with van der Waals surface area (Å²) in [7, 11) is 1.55. The molecule has 0 N–H and O–H groups in total. The molecule has 0 aliphatic carbocycles. The molecule has 0 saturated heterocycles. The van der Waals surface area contributed by atoms with E-state index in [9.17, 15) is 18.8 Å². The SMILES string of the molecule is CN(Cc1ccccc1)C(=O)c1nn(-c2ccccc2)c(=O)n(Cc2ccccc2F)c1=O. The number of hydrogen-bond acceptors (Lipinski definition) is 4. The van der Waals surface area contributed by atoms with Gasteiger partial charge in [-0.2, -0.15) is 9.78 Å². The van der Waals surface area contributed by atoms with Crippen molar-refractivity contribution in [3.05, 3.63) is 128 Å². The van der Waals surface area contributed by atoms with E-state index in [1.165, 1.54) is 23.1 Å². The first-order chi connectivity index (χ1) is 16.0. The maximum Gasteiger partial charge on any atom is 0.352 e. The van der Waals surface area contributed by atoms with Gasteiger partial charge in [0.15, 0.2) is 0 Å². The fraction of sp³-hybridized carbons (Fsp3) is 0.120. The molecule has 4 aromatic rings. The van der Waals surface area contributed by atoms with E-state index in [2.05, 4.69) is 5.10 Å².